The van der Waals surface area contributed by atoms with Gasteiger partial charge in [0.15, 0.2) is 11.5 Å². The van der Waals surface area contributed by atoms with Gasteiger partial charge in [-0.05, 0) is 25.1 Å². The lowest BCUT2D eigenvalue weighted by molar-refractivity contribution is 0.0467. The smallest absolute Gasteiger partial charge is 0.338 e. The van der Waals surface area contributed by atoms with E-state index in [0.717, 1.165) is 0 Å². The van der Waals surface area contributed by atoms with Crippen LogP contribution in [0, 0.1) is 0 Å². The Bertz CT molecular complexity index is 602. The quantitative estimate of drug-likeness (QED) is 0.759. The van der Waals surface area contributed by atoms with Crippen LogP contribution in [0.4, 0.5) is 0 Å². The van der Waals surface area contributed by atoms with Crippen LogP contribution in [0.2, 0.25) is 0 Å². The van der Waals surface area contributed by atoms with Crippen LogP contribution in [0.1, 0.15) is 23.0 Å². The van der Waals surface area contributed by atoms with Gasteiger partial charge in [0.1, 0.15) is 6.61 Å². The summed E-state index contributed by atoms with van der Waals surface area (Å²) in [5.74, 6) is 0.623. The van der Waals surface area contributed by atoms with E-state index < -0.39 is 5.97 Å². The zero-order valence-corrected chi connectivity index (χ0v) is 11.9. The number of nitrogens with zero attached hydrogens (tertiary/aromatic N) is 2. The highest BCUT2D eigenvalue weighted by atomic mass is 16.5. The van der Waals surface area contributed by atoms with Crippen molar-refractivity contribution in [2.24, 2.45) is 0 Å². The molecule has 0 aliphatic rings. The van der Waals surface area contributed by atoms with Crippen LogP contribution in [0.5, 0.6) is 11.5 Å². The lowest BCUT2D eigenvalue weighted by Crippen LogP contribution is -2.07. The predicted molar refractivity (Wildman–Crippen MR) is 75.3 cm³/mol. The van der Waals surface area contributed by atoms with Crippen molar-refractivity contribution in [3.8, 4) is 11.5 Å². The van der Waals surface area contributed by atoms with Crippen LogP contribution < -0.4 is 9.47 Å². The summed E-state index contributed by atoms with van der Waals surface area (Å²) in [7, 11) is 1.52. The average Bonchev–Trinajstić information content (AvgIpc) is 2.54. The van der Waals surface area contributed by atoms with Gasteiger partial charge in [0.05, 0.1) is 31.2 Å². The van der Waals surface area contributed by atoms with E-state index in [-0.39, 0.29) is 6.61 Å². The first-order valence-electron chi connectivity index (χ1n) is 6.47. The summed E-state index contributed by atoms with van der Waals surface area (Å²) < 4.78 is 15.8. The zero-order valence-electron chi connectivity index (χ0n) is 11.9. The SMILES string of the molecule is CCOc1ccc(C(=O)OCc2cnccn2)cc1OC. The molecule has 1 heterocycles. The van der Waals surface area contributed by atoms with Gasteiger partial charge >= 0.3 is 5.97 Å². The molecule has 0 amide bonds. The number of rotatable bonds is 6. The van der Waals surface area contributed by atoms with Gasteiger partial charge in [0, 0.05) is 12.4 Å². The molecule has 1 aromatic heterocycles. The molecule has 0 radical (unpaired) electrons. The molecule has 0 saturated heterocycles. The Balaban J connectivity index is 2.05. The van der Waals surface area contributed by atoms with Crippen molar-refractivity contribution in [1.82, 2.24) is 9.97 Å². The van der Waals surface area contributed by atoms with E-state index in [0.29, 0.717) is 29.4 Å². The number of aromatic nitrogens is 2. The molecule has 0 spiro atoms. The number of carbonyl (C=O) groups is 1. The fourth-order valence-electron chi connectivity index (χ4n) is 1.70. The van der Waals surface area contributed by atoms with Crippen LogP contribution in [0.25, 0.3) is 0 Å². The van der Waals surface area contributed by atoms with Crippen molar-refractivity contribution >= 4 is 5.97 Å². The first-order chi connectivity index (χ1) is 10.2. The Kier molecular flexibility index (Phi) is 5.09. The fraction of sp³-hybridized carbons (Fsp3) is 0.267. The Labute approximate surface area is 122 Å². The minimum Gasteiger partial charge on any atom is -0.493 e. The molecular formula is C15H16N2O4. The topological polar surface area (TPSA) is 70.5 Å². The van der Waals surface area contributed by atoms with Gasteiger partial charge in [-0.25, -0.2) is 4.79 Å². The van der Waals surface area contributed by atoms with Gasteiger partial charge < -0.3 is 14.2 Å². The number of carbonyl (C=O) groups excluding carboxylic acids is 1. The maximum Gasteiger partial charge on any atom is 0.338 e. The minimum absolute atomic E-state index is 0.0716. The summed E-state index contributed by atoms with van der Waals surface area (Å²) in [5, 5.41) is 0. The number of esters is 1. The minimum atomic E-state index is -0.456. The van der Waals surface area contributed by atoms with E-state index in [1.165, 1.54) is 7.11 Å². The summed E-state index contributed by atoms with van der Waals surface area (Å²) in [5.41, 5.74) is 0.975. The van der Waals surface area contributed by atoms with Crippen LogP contribution in [0.15, 0.2) is 36.8 Å². The first-order valence-corrected chi connectivity index (χ1v) is 6.47. The largest absolute Gasteiger partial charge is 0.493 e. The van der Waals surface area contributed by atoms with Crippen LogP contribution in [-0.2, 0) is 11.3 Å². The van der Waals surface area contributed by atoms with E-state index >= 15 is 0 Å². The van der Waals surface area contributed by atoms with Gasteiger partial charge in [0.25, 0.3) is 0 Å². The molecule has 2 aromatic rings. The number of methoxy groups -OCH3 is 1. The predicted octanol–water partition coefficient (Wildman–Crippen LogP) is 2.24. The lowest BCUT2D eigenvalue weighted by atomic mass is 10.2. The third kappa shape index (κ3) is 3.92. The zero-order chi connectivity index (χ0) is 15.1. The van der Waals surface area contributed by atoms with Gasteiger partial charge in [-0.1, -0.05) is 0 Å². The van der Waals surface area contributed by atoms with Crippen LogP contribution in [0.3, 0.4) is 0 Å². The average molecular weight is 288 g/mol. The van der Waals surface area contributed by atoms with Crippen molar-refractivity contribution in [2.45, 2.75) is 13.5 Å². The molecule has 0 saturated carbocycles. The van der Waals surface area contributed by atoms with Crippen molar-refractivity contribution in [2.75, 3.05) is 13.7 Å². The molecule has 6 nitrogen and oxygen atoms in total. The maximum atomic E-state index is 12.0. The Hall–Kier alpha value is -2.63. The molecule has 21 heavy (non-hydrogen) atoms. The third-order valence-electron chi connectivity index (χ3n) is 2.67. The number of hydrogen-bond acceptors (Lipinski definition) is 6. The first kappa shape index (κ1) is 14.8. The molecule has 6 heteroatoms. The Morgan fingerprint density at radius 3 is 2.76 bits per heavy atom. The fourth-order valence-corrected chi connectivity index (χ4v) is 1.70. The second-order valence-corrected chi connectivity index (χ2v) is 4.07. The molecule has 110 valence electrons. The molecule has 0 N–H and O–H groups in total. The summed E-state index contributed by atoms with van der Waals surface area (Å²) >= 11 is 0. The summed E-state index contributed by atoms with van der Waals surface area (Å²) in [6.45, 7) is 2.47. The Morgan fingerprint density at radius 1 is 1.24 bits per heavy atom. The maximum absolute atomic E-state index is 12.0. The van der Waals surface area contributed by atoms with E-state index in [1.807, 2.05) is 6.92 Å². The second-order valence-electron chi connectivity index (χ2n) is 4.07. The highest BCUT2D eigenvalue weighted by Crippen LogP contribution is 2.28. The van der Waals surface area contributed by atoms with Crippen molar-refractivity contribution in [3.05, 3.63) is 48.0 Å². The van der Waals surface area contributed by atoms with Gasteiger partial charge in [0.2, 0.25) is 0 Å². The molecule has 0 bridgehead atoms. The molecule has 0 aliphatic heterocycles. The highest BCUT2D eigenvalue weighted by molar-refractivity contribution is 5.90. The van der Waals surface area contributed by atoms with Crippen LogP contribution >= 0.6 is 0 Å². The van der Waals surface area contributed by atoms with E-state index in [2.05, 4.69) is 9.97 Å². The van der Waals surface area contributed by atoms with E-state index in [9.17, 15) is 4.79 Å². The van der Waals surface area contributed by atoms with Crippen molar-refractivity contribution in [3.63, 3.8) is 0 Å². The molecule has 0 atom stereocenters. The van der Waals surface area contributed by atoms with Gasteiger partial charge in [-0.3, -0.25) is 9.97 Å². The highest BCUT2D eigenvalue weighted by Gasteiger charge is 2.12. The number of ether oxygens (including phenoxy) is 3. The van der Waals surface area contributed by atoms with E-state index in [4.69, 9.17) is 14.2 Å². The molecule has 0 aliphatic carbocycles. The third-order valence-corrected chi connectivity index (χ3v) is 2.67. The van der Waals surface area contributed by atoms with Gasteiger partial charge in [-0.15, -0.1) is 0 Å². The van der Waals surface area contributed by atoms with Crippen molar-refractivity contribution < 1.29 is 19.0 Å². The monoisotopic (exact) mass is 288 g/mol. The van der Waals surface area contributed by atoms with Gasteiger partial charge in [-0.2, -0.15) is 0 Å². The van der Waals surface area contributed by atoms with Crippen LogP contribution in [-0.4, -0.2) is 29.7 Å². The molecule has 0 fully saturated rings. The summed E-state index contributed by atoms with van der Waals surface area (Å²) in [6, 6.07) is 4.90. The summed E-state index contributed by atoms with van der Waals surface area (Å²) in [4.78, 5) is 19.9. The summed E-state index contributed by atoms with van der Waals surface area (Å²) in [6.07, 6.45) is 4.65. The molecule has 1 aromatic carbocycles. The second kappa shape index (κ2) is 7.23. The number of benzene rings is 1. The Morgan fingerprint density at radius 2 is 2.10 bits per heavy atom. The van der Waals surface area contributed by atoms with Crippen molar-refractivity contribution in [1.29, 1.82) is 0 Å². The standard InChI is InChI=1S/C15H16N2O4/c1-3-20-13-5-4-11(8-14(13)19-2)15(18)21-10-12-9-16-6-7-17-12/h4-9H,3,10H2,1-2H3. The molecular weight excluding hydrogens is 272 g/mol. The van der Waals surface area contributed by atoms with E-state index in [1.54, 1.807) is 36.8 Å². The molecule has 0 unspecified atom stereocenters. The lowest BCUT2D eigenvalue weighted by Gasteiger charge is -2.10. The molecule has 2 rings (SSSR count). The number of hydrogen-bond donors (Lipinski definition) is 0. The normalized spacial score (nSPS) is 10.0.